The molecule has 8 nitrogen and oxygen atoms in total. The normalized spacial score (nSPS) is 13.3. The van der Waals surface area contributed by atoms with Crippen LogP contribution in [0.1, 0.15) is 6.92 Å². The maximum atomic E-state index is 12.5. The first-order valence-corrected chi connectivity index (χ1v) is 9.58. The predicted molar refractivity (Wildman–Crippen MR) is 79.7 cm³/mol. The van der Waals surface area contributed by atoms with Crippen molar-refractivity contribution in [2.75, 3.05) is 23.6 Å². The van der Waals surface area contributed by atoms with Gasteiger partial charge in [-0.2, -0.15) is 8.42 Å². The fraction of sp³-hybridized carbons (Fsp3) is 0.417. The molecule has 0 bridgehead atoms. The maximum Gasteiger partial charge on any atom is 0.330 e. The number of carbonyl (C=O) groups excluding carboxylic acids is 1. The van der Waals surface area contributed by atoms with Gasteiger partial charge in [-0.05, 0) is 31.2 Å². The van der Waals surface area contributed by atoms with E-state index in [1.165, 1.54) is 12.1 Å². The van der Waals surface area contributed by atoms with Crippen LogP contribution in [0.5, 0.6) is 0 Å². The van der Waals surface area contributed by atoms with Gasteiger partial charge in [0.1, 0.15) is 6.04 Å². The van der Waals surface area contributed by atoms with E-state index in [1.807, 2.05) is 0 Å². The van der Waals surface area contributed by atoms with Gasteiger partial charge in [0.15, 0.2) is 14.9 Å². The Labute approximate surface area is 133 Å². The maximum absolute atomic E-state index is 12.5. The van der Waals surface area contributed by atoms with E-state index in [0.29, 0.717) is 5.69 Å². The lowest BCUT2D eigenvalue weighted by Crippen LogP contribution is -2.34. The van der Waals surface area contributed by atoms with Crippen molar-refractivity contribution in [3.8, 4) is 0 Å². The molecular formula is C12H16FNO7S2. The molecular weight excluding hydrogens is 353 g/mol. The van der Waals surface area contributed by atoms with Crippen LogP contribution in [-0.2, 0) is 29.6 Å². The molecule has 23 heavy (non-hydrogen) atoms. The van der Waals surface area contributed by atoms with Gasteiger partial charge in [-0.25, -0.2) is 13.2 Å². The largest absolute Gasteiger partial charge is 0.464 e. The Morgan fingerprint density at radius 3 is 2.26 bits per heavy atom. The summed E-state index contributed by atoms with van der Waals surface area (Å²) < 4.78 is 61.6. The zero-order valence-electron chi connectivity index (χ0n) is 12.1. The molecule has 130 valence electrons. The highest BCUT2D eigenvalue weighted by Gasteiger charge is 2.24. The van der Waals surface area contributed by atoms with E-state index >= 15 is 0 Å². The fourth-order valence-electron chi connectivity index (χ4n) is 1.64. The van der Waals surface area contributed by atoms with E-state index in [9.17, 15) is 25.5 Å². The Morgan fingerprint density at radius 1 is 1.26 bits per heavy atom. The summed E-state index contributed by atoms with van der Waals surface area (Å²) in [5, 5.41) is 10.1. The summed E-state index contributed by atoms with van der Waals surface area (Å²) in [6.07, 6.45) is 0. The standard InChI is InChI=1S/C12H16FNO7S2/c1-2-21-12(16)11(7-15)14-9-3-5-10(6-4-9)22(17,18)8-23(13,19)20/h3-6,11,14-15H,2,7-8H2,1H3/t11-/m1/s1. The Hall–Kier alpha value is -1.72. The third-order valence-corrected chi connectivity index (χ3v) is 5.96. The van der Waals surface area contributed by atoms with Crippen LogP contribution < -0.4 is 5.32 Å². The second kappa shape index (κ2) is 7.70. The van der Waals surface area contributed by atoms with Crippen LogP contribution in [0, 0.1) is 0 Å². The van der Waals surface area contributed by atoms with Gasteiger partial charge in [0, 0.05) is 5.69 Å². The molecule has 0 amide bonds. The first kappa shape index (κ1) is 19.3. The number of rotatable bonds is 8. The van der Waals surface area contributed by atoms with E-state index in [4.69, 9.17) is 9.84 Å². The van der Waals surface area contributed by atoms with Crippen molar-refractivity contribution < 1.29 is 35.4 Å². The number of esters is 1. The number of nitrogens with one attached hydrogen (secondary N) is 1. The minimum absolute atomic E-state index is 0.131. The minimum atomic E-state index is -5.18. The van der Waals surface area contributed by atoms with E-state index in [1.54, 1.807) is 6.92 Å². The van der Waals surface area contributed by atoms with Gasteiger partial charge in [-0.3, -0.25) is 0 Å². The van der Waals surface area contributed by atoms with Gasteiger partial charge in [0.2, 0.25) is 0 Å². The van der Waals surface area contributed by atoms with Crippen molar-refractivity contribution in [3.63, 3.8) is 0 Å². The van der Waals surface area contributed by atoms with Gasteiger partial charge in [0.25, 0.3) is 0 Å². The molecule has 0 aliphatic heterocycles. The minimum Gasteiger partial charge on any atom is -0.464 e. The molecule has 1 aromatic carbocycles. The van der Waals surface area contributed by atoms with Crippen LogP contribution in [0.4, 0.5) is 9.57 Å². The summed E-state index contributed by atoms with van der Waals surface area (Å²) in [5.41, 5.74) is 0.291. The predicted octanol–water partition coefficient (Wildman–Crippen LogP) is 0.0530. The number of halogens is 1. The Balaban J connectivity index is 2.90. The topological polar surface area (TPSA) is 127 Å². The lowest BCUT2D eigenvalue weighted by atomic mass is 10.2. The molecule has 0 aliphatic carbocycles. The third kappa shape index (κ3) is 6.12. The van der Waals surface area contributed by atoms with Gasteiger partial charge in [-0.15, -0.1) is 3.89 Å². The average Bonchev–Trinajstić information content (AvgIpc) is 2.43. The Morgan fingerprint density at radius 2 is 1.83 bits per heavy atom. The average molecular weight is 369 g/mol. The van der Waals surface area contributed by atoms with Crippen molar-refractivity contribution >= 4 is 31.7 Å². The van der Waals surface area contributed by atoms with E-state index < -0.39 is 43.8 Å². The number of carbonyl (C=O) groups is 1. The number of hydrogen-bond acceptors (Lipinski definition) is 8. The molecule has 1 aromatic rings. The lowest BCUT2D eigenvalue weighted by molar-refractivity contribution is -0.144. The number of anilines is 1. The lowest BCUT2D eigenvalue weighted by Gasteiger charge is -2.16. The molecule has 0 fully saturated rings. The zero-order chi connectivity index (χ0) is 17.7. The molecule has 11 heteroatoms. The van der Waals surface area contributed by atoms with Crippen molar-refractivity contribution in [2.45, 2.75) is 17.9 Å². The van der Waals surface area contributed by atoms with E-state index in [0.717, 1.165) is 12.1 Å². The van der Waals surface area contributed by atoms with Crippen LogP contribution in [0.25, 0.3) is 0 Å². The first-order chi connectivity index (χ1) is 10.6. The van der Waals surface area contributed by atoms with Crippen LogP contribution in [0.3, 0.4) is 0 Å². The number of aliphatic hydroxyl groups excluding tert-OH is 1. The number of benzene rings is 1. The number of sulfone groups is 1. The van der Waals surface area contributed by atoms with Crippen molar-refractivity contribution in [1.29, 1.82) is 0 Å². The summed E-state index contributed by atoms with van der Waals surface area (Å²) in [6.45, 7) is 1.19. The first-order valence-electron chi connectivity index (χ1n) is 6.38. The molecule has 0 saturated carbocycles. The van der Waals surface area contributed by atoms with Gasteiger partial charge >= 0.3 is 16.2 Å². The molecule has 0 saturated heterocycles. The molecule has 0 spiro atoms. The fourth-order valence-corrected chi connectivity index (χ4v) is 4.21. The highest BCUT2D eigenvalue weighted by Crippen LogP contribution is 2.18. The van der Waals surface area contributed by atoms with E-state index in [-0.39, 0.29) is 11.5 Å². The van der Waals surface area contributed by atoms with Crippen molar-refractivity contribution in [1.82, 2.24) is 0 Å². The van der Waals surface area contributed by atoms with Crippen LogP contribution in [0.15, 0.2) is 29.2 Å². The molecule has 0 aromatic heterocycles. The van der Waals surface area contributed by atoms with Gasteiger partial charge in [-0.1, -0.05) is 0 Å². The highest BCUT2D eigenvalue weighted by molar-refractivity contribution is 8.05. The molecule has 1 atom stereocenters. The smallest absolute Gasteiger partial charge is 0.330 e. The summed E-state index contributed by atoms with van der Waals surface area (Å²) in [7, 11) is -9.50. The monoisotopic (exact) mass is 369 g/mol. The van der Waals surface area contributed by atoms with Crippen LogP contribution >= 0.6 is 0 Å². The zero-order valence-corrected chi connectivity index (χ0v) is 13.7. The van der Waals surface area contributed by atoms with Gasteiger partial charge in [0.05, 0.1) is 18.1 Å². The van der Waals surface area contributed by atoms with E-state index in [2.05, 4.69) is 5.32 Å². The van der Waals surface area contributed by atoms with Gasteiger partial charge < -0.3 is 15.2 Å². The summed E-state index contributed by atoms with van der Waals surface area (Å²) in [5.74, 6) is -0.685. The second-order valence-corrected chi connectivity index (χ2v) is 8.15. The molecule has 2 N–H and O–H groups in total. The molecule has 1 rings (SSSR count). The summed E-state index contributed by atoms with van der Waals surface area (Å²) >= 11 is 0. The SMILES string of the molecule is CCOC(=O)[C@@H](CO)Nc1ccc(S(=O)(=O)CS(=O)(=O)F)cc1. The molecule has 0 radical (unpaired) electrons. The Bertz CT molecular complexity index is 744. The van der Waals surface area contributed by atoms with Crippen LogP contribution in [0.2, 0.25) is 0 Å². The number of aliphatic hydroxyl groups is 1. The van der Waals surface area contributed by atoms with Crippen LogP contribution in [-0.4, -0.2) is 52.3 Å². The number of ether oxygens (including phenoxy) is 1. The second-order valence-electron chi connectivity index (χ2n) is 4.43. The number of hydrogen-bond donors (Lipinski definition) is 2. The third-order valence-electron chi connectivity index (χ3n) is 2.60. The molecule has 0 heterocycles. The molecule has 0 aliphatic rings. The quantitative estimate of drug-likeness (QED) is 0.486. The molecule has 0 unspecified atom stereocenters. The summed E-state index contributed by atoms with van der Waals surface area (Å²) in [6, 6.07) is 3.58. The summed E-state index contributed by atoms with van der Waals surface area (Å²) in [4.78, 5) is 11.1. The highest BCUT2D eigenvalue weighted by atomic mass is 32.3. The van der Waals surface area contributed by atoms with Crippen molar-refractivity contribution in [2.24, 2.45) is 0 Å². The Kier molecular flexibility index (Phi) is 6.47. The van der Waals surface area contributed by atoms with Crippen molar-refractivity contribution in [3.05, 3.63) is 24.3 Å².